The van der Waals surface area contributed by atoms with Crippen molar-refractivity contribution in [3.8, 4) is 5.75 Å². The van der Waals surface area contributed by atoms with Crippen LogP contribution >= 0.6 is 0 Å². The number of amides is 2. The average Bonchev–Trinajstić information content (AvgIpc) is 3.22. The number of carbonyl (C=O) groups is 2. The van der Waals surface area contributed by atoms with Crippen molar-refractivity contribution in [2.45, 2.75) is 32.4 Å². The third-order valence-electron chi connectivity index (χ3n) is 5.62. The maximum absolute atomic E-state index is 14.0. The zero-order valence-corrected chi connectivity index (χ0v) is 16.6. The molecule has 0 radical (unpaired) electrons. The number of nitrogens with one attached hydrogen (secondary N) is 1. The highest BCUT2D eigenvalue weighted by Crippen LogP contribution is 2.37. The molecule has 2 aliphatic heterocycles. The summed E-state index contributed by atoms with van der Waals surface area (Å²) in [6.07, 6.45) is 1.84. The van der Waals surface area contributed by atoms with Gasteiger partial charge >= 0.3 is 0 Å². The summed E-state index contributed by atoms with van der Waals surface area (Å²) < 4.78 is 18.9. The van der Waals surface area contributed by atoms with Gasteiger partial charge < -0.3 is 19.9 Å². The minimum atomic E-state index is -0.454. The first-order valence-corrected chi connectivity index (χ1v) is 9.85. The molecule has 2 aliphatic rings. The lowest BCUT2D eigenvalue weighted by atomic mass is 10.1. The lowest BCUT2D eigenvalue weighted by Crippen LogP contribution is -2.44. The third kappa shape index (κ3) is 3.52. The summed E-state index contributed by atoms with van der Waals surface area (Å²) >= 11 is 0. The molecule has 6 nitrogen and oxygen atoms in total. The standard InChI is InChI=1S/C22H24FN3O3/c1-3-25(13-14-6-9-20(29-2)16(23)11-14)22(28)15-7-8-18-17(12-15)24-21(27)19-5-4-10-26(18)19/h6-9,11-12,19H,3-5,10,13H2,1-2H3,(H,24,27)/t19-/m1/s1. The van der Waals surface area contributed by atoms with Crippen molar-refractivity contribution < 1.29 is 18.7 Å². The highest BCUT2D eigenvalue weighted by molar-refractivity contribution is 6.06. The van der Waals surface area contributed by atoms with Crippen LogP contribution in [-0.2, 0) is 11.3 Å². The van der Waals surface area contributed by atoms with E-state index in [0.717, 1.165) is 25.1 Å². The molecule has 0 saturated carbocycles. The summed E-state index contributed by atoms with van der Waals surface area (Å²) in [5.74, 6) is -0.455. The fraction of sp³-hybridized carbons (Fsp3) is 0.364. The second-order valence-corrected chi connectivity index (χ2v) is 7.36. The molecule has 0 unspecified atom stereocenters. The second-order valence-electron chi connectivity index (χ2n) is 7.36. The van der Waals surface area contributed by atoms with E-state index in [1.165, 1.54) is 13.2 Å². The number of benzene rings is 2. The van der Waals surface area contributed by atoms with E-state index in [2.05, 4.69) is 10.2 Å². The number of nitrogens with zero attached hydrogens (tertiary/aromatic N) is 2. The number of rotatable bonds is 5. The first-order chi connectivity index (χ1) is 14.0. The predicted molar refractivity (Wildman–Crippen MR) is 109 cm³/mol. The normalized spacial score (nSPS) is 17.4. The lowest BCUT2D eigenvalue weighted by Gasteiger charge is -2.33. The molecule has 0 bridgehead atoms. The van der Waals surface area contributed by atoms with Crippen LogP contribution in [0.3, 0.4) is 0 Å². The summed E-state index contributed by atoms with van der Waals surface area (Å²) in [6, 6.07) is 10.0. The first kappa shape index (κ1) is 19.2. The molecule has 1 saturated heterocycles. The zero-order chi connectivity index (χ0) is 20.5. The van der Waals surface area contributed by atoms with Gasteiger partial charge in [0.15, 0.2) is 11.6 Å². The number of ether oxygens (including phenoxy) is 1. The highest BCUT2D eigenvalue weighted by atomic mass is 19.1. The number of anilines is 2. The van der Waals surface area contributed by atoms with Crippen LogP contribution in [0.2, 0.25) is 0 Å². The molecular formula is C22H24FN3O3. The van der Waals surface area contributed by atoms with Crippen molar-refractivity contribution in [1.29, 1.82) is 0 Å². The van der Waals surface area contributed by atoms with Crippen molar-refractivity contribution in [2.75, 3.05) is 30.4 Å². The number of fused-ring (bicyclic) bond motifs is 3. The van der Waals surface area contributed by atoms with Crippen LogP contribution in [0.15, 0.2) is 36.4 Å². The lowest BCUT2D eigenvalue weighted by molar-refractivity contribution is -0.117. The van der Waals surface area contributed by atoms with Gasteiger partial charge in [-0.15, -0.1) is 0 Å². The van der Waals surface area contributed by atoms with E-state index in [4.69, 9.17) is 4.74 Å². The van der Waals surface area contributed by atoms with Crippen LogP contribution in [-0.4, -0.2) is 43.0 Å². The molecule has 2 heterocycles. The number of methoxy groups -OCH3 is 1. The van der Waals surface area contributed by atoms with Gasteiger partial charge in [0.1, 0.15) is 6.04 Å². The Morgan fingerprint density at radius 2 is 2.14 bits per heavy atom. The Bertz CT molecular complexity index is 962. The summed E-state index contributed by atoms with van der Waals surface area (Å²) in [7, 11) is 1.42. The molecule has 2 aromatic rings. The topological polar surface area (TPSA) is 61.9 Å². The van der Waals surface area contributed by atoms with E-state index in [9.17, 15) is 14.0 Å². The van der Waals surface area contributed by atoms with Gasteiger partial charge in [0, 0.05) is 25.2 Å². The summed E-state index contributed by atoms with van der Waals surface area (Å²) in [5.41, 5.74) is 2.82. The van der Waals surface area contributed by atoms with E-state index >= 15 is 0 Å². The molecule has 29 heavy (non-hydrogen) atoms. The zero-order valence-electron chi connectivity index (χ0n) is 16.6. The Balaban J connectivity index is 1.56. The van der Waals surface area contributed by atoms with Crippen LogP contribution in [0.5, 0.6) is 5.75 Å². The van der Waals surface area contributed by atoms with Crippen molar-refractivity contribution in [2.24, 2.45) is 0 Å². The van der Waals surface area contributed by atoms with Gasteiger partial charge in [0.2, 0.25) is 5.91 Å². The molecule has 1 fully saturated rings. The van der Waals surface area contributed by atoms with Crippen LogP contribution < -0.4 is 15.0 Å². The Kier molecular flexibility index (Phi) is 5.13. The van der Waals surface area contributed by atoms with Crippen LogP contribution in [0, 0.1) is 5.82 Å². The van der Waals surface area contributed by atoms with Crippen LogP contribution in [0.25, 0.3) is 0 Å². The first-order valence-electron chi connectivity index (χ1n) is 9.85. The molecule has 0 aromatic heterocycles. The minimum Gasteiger partial charge on any atom is -0.494 e. The third-order valence-corrected chi connectivity index (χ3v) is 5.62. The molecule has 1 N–H and O–H groups in total. The SMILES string of the molecule is CCN(Cc1ccc(OC)c(F)c1)C(=O)c1ccc2c(c1)NC(=O)[C@H]1CCCN21. The van der Waals surface area contributed by atoms with Crippen LogP contribution in [0.1, 0.15) is 35.7 Å². The molecule has 0 aliphatic carbocycles. The summed E-state index contributed by atoms with van der Waals surface area (Å²) in [4.78, 5) is 29.2. The van der Waals surface area contributed by atoms with Crippen LogP contribution in [0.4, 0.5) is 15.8 Å². The van der Waals surface area contributed by atoms with Crippen molar-refractivity contribution >= 4 is 23.2 Å². The molecule has 2 aromatic carbocycles. The smallest absolute Gasteiger partial charge is 0.254 e. The quantitative estimate of drug-likeness (QED) is 0.840. The molecule has 7 heteroatoms. The van der Waals surface area contributed by atoms with Crippen molar-refractivity contribution in [3.05, 3.63) is 53.3 Å². The number of hydrogen-bond donors (Lipinski definition) is 1. The average molecular weight is 397 g/mol. The Labute approximate surface area is 169 Å². The van der Waals surface area contributed by atoms with E-state index < -0.39 is 5.82 Å². The van der Waals surface area contributed by atoms with Crippen molar-refractivity contribution in [3.63, 3.8) is 0 Å². The predicted octanol–water partition coefficient (Wildman–Crippen LogP) is 3.42. The van der Waals surface area contributed by atoms with E-state index in [1.807, 2.05) is 13.0 Å². The van der Waals surface area contributed by atoms with Gasteiger partial charge in [0.05, 0.1) is 18.5 Å². The highest BCUT2D eigenvalue weighted by Gasteiger charge is 2.36. The number of halogens is 1. The minimum absolute atomic E-state index is 0.0133. The summed E-state index contributed by atoms with van der Waals surface area (Å²) in [5, 5.41) is 2.94. The molecular weight excluding hydrogens is 373 g/mol. The van der Waals surface area contributed by atoms with Gasteiger partial charge in [-0.2, -0.15) is 0 Å². The van der Waals surface area contributed by atoms with Gasteiger partial charge in [-0.25, -0.2) is 4.39 Å². The maximum Gasteiger partial charge on any atom is 0.254 e. The van der Waals surface area contributed by atoms with Gasteiger partial charge in [-0.3, -0.25) is 9.59 Å². The molecule has 1 atom stereocenters. The molecule has 152 valence electrons. The maximum atomic E-state index is 14.0. The van der Waals surface area contributed by atoms with Crippen molar-refractivity contribution in [1.82, 2.24) is 4.90 Å². The number of hydrogen-bond acceptors (Lipinski definition) is 4. The second kappa shape index (κ2) is 7.73. The fourth-order valence-corrected chi connectivity index (χ4v) is 4.10. The Morgan fingerprint density at radius 3 is 2.86 bits per heavy atom. The van der Waals surface area contributed by atoms with E-state index in [1.54, 1.807) is 29.2 Å². The largest absolute Gasteiger partial charge is 0.494 e. The Hall–Kier alpha value is -3.09. The van der Waals surface area contributed by atoms with E-state index in [-0.39, 0.29) is 30.2 Å². The van der Waals surface area contributed by atoms with Gasteiger partial charge in [-0.05, 0) is 55.7 Å². The summed E-state index contributed by atoms with van der Waals surface area (Å²) in [6.45, 7) is 3.49. The molecule has 4 rings (SSSR count). The monoisotopic (exact) mass is 397 g/mol. The van der Waals surface area contributed by atoms with Gasteiger partial charge in [-0.1, -0.05) is 6.07 Å². The fourth-order valence-electron chi connectivity index (χ4n) is 4.10. The molecule has 2 amide bonds. The Morgan fingerprint density at radius 1 is 1.31 bits per heavy atom. The molecule has 0 spiro atoms. The van der Waals surface area contributed by atoms with E-state index in [0.29, 0.717) is 23.4 Å². The number of carbonyl (C=O) groups excluding carboxylic acids is 2. The van der Waals surface area contributed by atoms with Gasteiger partial charge in [0.25, 0.3) is 5.91 Å².